The zero-order valence-corrected chi connectivity index (χ0v) is 26.5. The van der Waals surface area contributed by atoms with E-state index < -0.39 is 5.97 Å². The molecule has 234 valence electrons. The minimum Gasteiger partial charge on any atom is -0.401 e. The number of pyridine rings is 1. The molecule has 0 saturated heterocycles. The summed E-state index contributed by atoms with van der Waals surface area (Å²) in [6.07, 6.45) is 7.34. The molecule has 0 spiro atoms. The number of carbonyl (C=O) groups is 3. The Hall–Kier alpha value is -5.48. The van der Waals surface area contributed by atoms with Crippen molar-refractivity contribution in [1.82, 2.24) is 14.0 Å². The summed E-state index contributed by atoms with van der Waals surface area (Å²) < 4.78 is 24.5. The first-order chi connectivity index (χ1) is 22.8. The first-order valence-electron chi connectivity index (χ1n) is 15.0. The van der Waals surface area contributed by atoms with Crippen LogP contribution in [0.4, 0.5) is 9.18 Å². The number of halogens is 1. The van der Waals surface area contributed by atoms with Crippen molar-refractivity contribution in [2.45, 2.75) is 17.9 Å². The summed E-state index contributed by atoms with van der Waals surface area (Å²) in [5.74, 6) is -0.262. The maximum atomic E-state index is 14.2. The van der Waals surface area contributed by atoms with Crippen molar-refractivity contribution in [2.24, 2.45) is 0 Å². The molecule has 6 aromatic rings. The Bertz CT molecular complexity index is 2150. The Morgan fingerprint density at radius 2 is 1.70 bits per heavy atom. The molecule has 1 atom stereocenters. The summed E-state index contributed by atoms with van der Waals surface area (Å²) in [5, 5.41) is 0.589. The number of amides is 1. The zero-order valence-electron chi connectivity index (χ0n) is 25.7. The largest absolute Gasteiger partial charge is 0.401 e. The second-order valence-corrected chi connectivity index (χ2v) is 12.6. The molecule has 4 heterocycles. The average molecular weight is 646 g/mol. The second kappa shape index (κ2) is 12.4. The number of carbonyl (C=O) groups excluding carboxylic acids is 3. The molecule has 0 bridgehead atoms. The van der Waals surface area contributed by atoms with Gasteiger partial charge in [-0.15, -0.1) is 11.8 Å². The number of ether oxygens (including phenoxy) is 1. The van der Waals surface area contributed by atoms with Gasteiger partial charge in [-0.2, -0.15) is 4.57 Å². The summed E-state index contributed by atoms with van der Waals surface area (Å²) >= 11 is 1.70. The summed E-state index contributed by atoms with van der Waals surface area (Å²) in [7, 11) is 3.33. The fraction of sp³-hybridized carbons (Fsp3) is 0.135. The van der Waals surface area contributed by atoms with E-state index in [2.05, 4.69) is 4.57 Å². The third-order valence-corrected chi connectivity index (χ3v) is 9.49. The molecular formula is C37H30FN4O4S+. The van der Waals surface area contributed by atoms with E-state index in [9.17, 15) is 18.8 Å². The predicted octanol–water partition coefficient (Wildman–Crippen LogP) is 6.91. The number of esters is 1. The minimum absolute atomic E-state index is 0.0693. The molecule has 8 nitrogen and oxygen atoms in total. The van der Waals surface area contributed by atoms with Crippen LogP contribution >= 0.6 is 11.8 Å². The number of nitrogens with zero attached hydrogens (tertiary/aromatic N) is 4. The fourth-order valence-electron chi connectivity index (χ4n) is 5.86. The van der Waals surface area contributed by atoms with Gasteiger partial charge in [-0.3, -0.25) is 9.36 Å². The van der Waals surface area contributed by atoms with Crippen LogP contribution < -0.4 is 4.57 Å². The first-order valence-corrected chi connectivity index (χ1v) is 16.0. The van der Waals surface area contributed by atoms with E-state index in [1.165, 1.54) is 21.6 Å². The summed E-state index contributed by atoms with van der Waals surface area (Å²) in [4.78, 5) is 41.3. The molecule has 0 aliphatic carbocycles. The van der Waals surface area contributed by atoms with Crippen molar-refractivity contribution in [3.8, 4) is 11.1 Å². The number of hydrogen-bond acceptors (Lipinski definition) is 5. The van der Waals surface area contributed by atoms with Gasteiger partial charge in [0.15, 0.2) is 18.2 Å². The van der Waals surface area contributed by atoms with Gasteiger partial charge in [-0.1, -0.05) is 42.5 Å². The van der Waals surface area contributed by atoms with Gasteiger partial charge < -0.3 is 14.2 Å². The van der Waals surface area contributed by atoms with Gasteiger partial charge in [0.2, 0.25) is 0 Å². The summed E-state index contributed by atoms with van der Waals surface area (Å²) in [6, 6.07) is 26.1. The van der Waals surface area contributed by atoms with Crippen LogP contribution in [0.1, 0.15) is 42.9 Å². The van der Waals surface area contributed by atoms with Crippen LogP contribution in [-0.4, -0.2) is 45.9 Å². The third kappa shape index (κ3) is 5.72. The molecule has 0 radical (unpaired) electrons. The Kier molecular flexibility index (Phi) is 7.95. The van der Waals surface area contributed by atoms with Gasteiger partial charge in [0.05, 0.1) is 11.1 Å². The van der Waals surface area contributed by atoms with E-state index in [0.717, 1.165) is 22.4 Å². The predicted molar refractivity (Wildman–Crippen MR) is 178 cm³/mol. The van der Waals surface area contributed by atoms with Gasteiger partial charge in [-0.25, -0.2) is 14.0 Å². The smallest absolute Gasteiger partial charge is 0.342 e. The van der Waals surface area contributed by atoms with Crippen LogP contribution in [0, 0.1) is 5.82 Å². The molecule has 1 aliphatic rings. The number of thioether (sulfide) groups is 1. The van der Waals surface area contributed by atoms with Crippen LogP contribution in [0.5, 0.6) is 0 Å². The van der Waals surface area contributed by atoms with Crippen LogP contribution in [0.15, 0.2) is 116 Å². The van der Waals surface area contributed by atoms with Crippen LogP contribution in [0.3, 0.4) is 0 Å². The lowest BCUT2D eigenvalue weighted by Gasteiger charge is -2.12. The fourth-order valence-corrected chi connectivity index (χ4v) is 7.17. The number of benzene rings is 3. The zero-order chi connectivity index (χ0) is 32.7. The molecule has 47 heavy (non-hydrogen) atoms. The van der Waals surface area contributed by atoms with Gasteiger partial charge in [0.1, 0.15) is 11.2 Å². The standard InChI is InChI=1S/C37H30FN4O4S/c1-39(2)37(45)42-21-31(29-15-12-26(19-32(29)42)24-10-13-28(38)14-11-24)34(43)30-16-18-41-33(30)22-47-35(41)27-9-6-17-40(20-27)23-46-36(44)25-7-4-3-5-8-25/h3-21,35H,22-23H2,1-2H3/q+1/t35-/m1/s1. The molecular weight excluding hydrogens is 615 g/mol. The highest BCUT2D eigenvalue weighted by Gasteiger charge is 2.31. The highest BCUT2D eigenvalue weighted by Crippen LogP contribution is 2.42. The Balaban J connectivity index is 1.17. The summed E-state index contributed by atoms with van der Waals surface area (Å²) in [6.45, 7) is 0.0693. The van der Waals surface area contributed by atoms with Gasteiger partial charge >= 0.3 is 12.0 Å². The molecule has 7 rings (SSSR count). The molecule has 0 saturated carbocycles. The summed E-state index contributed by atoms with van der Waals surface area (Å²) in [5.41, 5.74) is 5.62. The first kappa shape index (κ1) is 30.2. The quantitative estimate of drug-likeness (QED) is 0.107. The SMILES string of the molecule is CN(C)C(=O)n1cc(C(=O)c2ccn3c2CS[C@@H]3c2ccc[n+](COC(=O)c3ccccc3)c2)c2ccc(-c3ccc(F)cc3)cc21. The average Bonchev–Trinajstić information content (AvgIpc) is 3.81. The number of aromatic nitrogens is 3. The third-order valence-electron chi connectivity index (χ3n) is 8.24. The molecule has 0 unspecified atom stereocenters. The van der Waals surface area contributed by atoms with Gasteiger partial charge in [0, 0.05) is 66.1 Å². The van der Waals surface area contributed by atoms with Crippen molar-refractivity contribution in [3.05, 3.63) is 150 Å². The number of rotatable bonds is 7. The molecule has 3 aromatic carbocycles. The number of hydrogen-bond donors (Lipinski definition) is 0. The minimum atomic E-state index is -0.394. The Morgan fingerprint density at radius 1 is 0.936 bits per heavy atom. The second-order valence-electron chi connectivity index (χ2n) is 11.5. The van der Waals surface area contributed by atoms with E-state index in [-0.39, 0.29) is 29.7 Å². The van der Waals surface area contributed by atoms with E-state index in [0.29, 0.717) is 33.3 Å². The maximum absolute atomic E-state index is 14.2. The number of ketones is 1. The molecule has 10 heteroatoms. The Labute approximate surface area is 274 Å². The van der Waals surface area contributed by atoms with Crippen LogP contribution in [-0.2, 0) is 17.2 Å². The lowest BCUT2D eigenvalue weighted by Crippen LogP contribution is -2.36. The monoisotopic (exact) mass is 645 g/mol. The van der Waals surface area contributed by atoms with E-state index >= 15 is 0 Å². The van der Waals surface area contributed by atoms with E-state index in [1.54, 1.807) is 68.5 Å². The molecule has 3 aromatic heterocycles. The molecule has 0 N–H and O–H groups in total. The van der Waals surface area contributed by atoms with Crippen LogP contribution in [0.2, 0.25) is 0 Å². The highest BCUT2D eigenvalue weighted by atomic mass is 32.2. The highest BCUT2D eigenvalue weighted by molar-refractivity contribution is 7.99. The number of fused-ring (bicyclic) bond motifs is 2. The maximum Gasteiger partial charge on any atom is 0.342 e. The van der Waals surface area contributed by atoms with Crippen molar-refractivity contribution in [1.29, 1.82) is 0 Å². The van der Waals surface area contributed by atoms with Gasteiger partial charge in [0.25, 0.3) is 6.73 Å². The normalized spacial score (nSPS) is 13.8. The van der Waals surface area contributed by atoms with Crippen molar-refractivity contribution >= 4 is 40.4 Å². The van der Waals surface area contributed by atoms with E-state index in [4.69, 9.17) is 4.74 Å². The Morgan fingerprint density at radius 3 is 2.47 bits per heavy atom. The van der Waals surface area contributed by atoms with Crippen LogP contribution in [0.25, 0.3) is 22.0 Å². The molecule has 1 aliphatic heterocycles. The molecule has 1 amide bonds. The molecule has 0 fully saturated rings. The van der Waals surface area contributed by atoms with Crippen molar-refractivity contribution in [2.75, 3.05) is 14.1 Å². The van der Waals surface area contributed by atoms with Crippen molar-refractivity contribution < 1.29 is 28.1 Å². The lowest BCUT2D eigenvalue weighted by atomic mass is 10.00. The topological polar surface area (TPSA) is 77.4 Å². The van der Waals surface area contributed by atoms with Gasteiger partial charge in [-0.05, 0) is 53.6 Å². The van der Waals surface area contributed by atoms with Crippen molar-refractivity contribution in [3.63, 3.8) is 0 Å². The lowest BCUT2D eigenvalue weighted by molar-refractivity contribution is -0.727. The van der Waals surface area contributed by atoms with E-state index in [1.807, 2.05) is 65.6 Å².